The first kappa shape index (κ1) is 23.4. The molecule has 0 saturated carbocycles. The standard InChI is InChI=1S/C30H26N2O4/c1-18-12-25(19(2)6-5-8-20-7-3-4-9-24(20)30(34)35)29-26(13-18)27(33)15-28(36-29)21-10-11-22-16-31-32-17-23(22)14-21/h3-4,7,9-17,19H,5-6,8H2,1-2H3,(H,34,35). The fourth-order valence-corrected chi connectivity index (χ4v) is 4.79. The van der Waals surface area contributed by atoms with Gasteiger partial charge in [-0.15, -0.1) is 0 Å². The zero-order valence-corrected chi connectivity index (χ0v) is 20.2. The number of aryl methyl sites for hydroxylation is 2. The molecule has 0 bridgehead atoms. The zero-order valence-electron chi connectivity index (χ0n) is 20.2. The van der Waals surface area contributed by atoms with Crippen molar-refractivity contribution in [3.63, 3.8) is 0 Å². The first-order valence-electron chi connectivity index (χ1n) is 12.0. The third-order valence-electron chi connectivity index (χ3n) is 6.70. The van der Waals surface area contributed by atoms with E-state index < -0.39 is 5.97 Å². The lowest BCUT2D eigenvalue weighted by Crippen LogP contribution is -2.06. The number of hydrogen-bond acceptors (Lipinski definition) is 5. The molecule has 5 rings (SSSR count). The van der Waals surface area contributed by atoms with Gasteiger partial charge in [0.1, 0.15) is 11.3 Å². The molecule has 0 radical (unpaired) electrons. The molecule has 0 aliphatic heterocycles. The molecular formula is C30H26N2O4. The van der Waals surface area contributed by atoms with Gasteiger partial charge in [-0.1, -0.05) is 43.3 Å². The van der Waals surface area contributed by atoms with Crippen LogP contribution in [0.15, 0.2) is 82.3 Å². The Morgan fingerprint density at radius 3 is 2.58 bits per heavy atom. The molecule has 0 aliphatic carbocycles. The summed E-state index contributed by atoms with van der Waals surface area (Å²) in [4.78, 5) is 24.7. The molecule has 5 aromatic rings. The quantitative estimate of drug-likeness (QED) is 0.286. The number of carboxylic acids is 1. The summed E-state index contributed by atoms with van der Waals surface area (Å²) >= 11 is 0. The van der Waals surface area contributed by atoms with Crippen LogP contribution in [0, 0.1) is 6.92 Å². The van der Waals surface area contributed by atoms with Crippen molar-refractivity contribution in [1.29, 1.82) is 0 Å². The normalized spacial score (nSPS) is 12.2. The van der Waals surface area contributed by atoms with E-state index in [1.54, 1.807) is 30.6 Å². The molecule has 6 nitrogen and oxygen atoms in total. The fourth-order valence-electron chi connectivity index (χ4n) is 4.79. The van der Waals surface area contributed by atoms with E-state index in [2.05, 4.69) is 23.2 Å². The number of rotatable bonds is 7. The van der Waals surface area contributed by atoms with Gasteiger partial charge in [-0.2, -0.15) is 10.2 Å². The van der Waals surface area contributed by atoms with Gasteiger partial charge in [-0.3, -0.25) is 4.79 Å². The second-order valence-electron chi connectivity index (χ2n) is 9.29. The highest BCUT2D eigenvalue weighted by atomic mass is 16.4. The van der Waals surface area contributed by atoms with Crippen LogP contribution in [0.25, 0.3) is 33.1 Å². The second-order valence-corrected chi connectivity index (χ2v) is 9.29. The molecule has 3 aromatic carbocycles. The number of carbonyl (C=O) groups is 1. The topological polar surface area (TPSA) is 93.3 Å². The molecular weight excluding hydrogens is 452 g/mol. The van der Waals surface area contributed by atoms with E-state index in [4.69, 9.17) is 4.42 Å². The molecule has 1 unspecified atom stereocenters. The number of nitrogens with zero attached hydrogens (tertiary/aromatic N) is 2. The van der Waals surface area contributed by atoms with Gasteiger partial charge in [-0.05, 0) is 67.0 Å². The summed E-state index contributed by atoms with van der Waals surface area (Å²) in [6, 6.07) is 18.5. The Hall–Kier alpha value is -4.32. The van der Waals surface area contributed by atoms with Crippen LogP contribution in [0.5, 0.6) is 0 Å². The monoisotopic (exact) mass is 478 g/mol. The Labute approximate surface area is 208 Å². The van der Waals surface area contributed by atoms with Gasteiger partial charge in [-0.25, -0.2) is 4.79 Å². The first-order chi connectivity index (χ1) is 17.4. The molecule has 180 valence electrons. The number of aromatic nitrogens is 2. The molecule has 2 heterocycles. The summed E-state index contributed by atoms with van der Waals surface area (Å²) in [5.74, 6) is -0.271. The Bertz CT molecular complexity index is 1650. The van der Waals surface area contributed by atoms with E-state index in [-0.39, 0.29) is 11.3 Å². The molecule has 1 atom stereocenters. The lowest BCUT2D eigenvalue weighted by Gasteiger charge is -2.16. The van der Waals surface area contributed by atoms with Crippen LogP contribution in [0.4, 0.5) is 0 Å². The average Bonchev–Trinajstić information content (AvgIpc) is 2.88. The number of benzene rings is 3. The zero-order chi connectivity index (χ0) is 25.2. The van der Waals surface area contributed by atoms with Crippen LogP contribution < -0.4 is 5.43 Å². The van der Waals surface area contributed by atoms with Gasteiger partial charge < -0.3 is 9.52 Å². The van der Waals surface area contributed by atoms with Gasteiger partial charge in [0.25, 0.3) is 0 Å². The SMILES string of the molecule is Cc1cc(C(C)CCCc2ccccc2C(=O)O)c2oc(-c3ccc4cnncc4c3)cc(=O)c2c1. The van der Waals surface area contributed by atoms with E-state index in [9.17, 15) is 14.7 Å². The van der Waals surface area contributed by atoms with Crippen molar-refractivity contribution in [1.82, 2.24) is 10.2 Å². The summed E-state index contributed by atoms with van der Waals surface area (Å²) < 4.78 is 6.39. The Balaban J connectivity index is 1.48. The first-order valence-corrected chi connectivity index (χ1v) is 12.0. The minimum absolute atomic E-state index is 0.0771. The van der Waals surface area contributed by atoms with E-state index in [0.717, 1.165) is 45.9 Å². The Morgan fingerprint density at radius 1 is 1.00 bits per heavy atom. The highest BCUT2D eigenvalue weighted by Crippen LogP contribution is 2.32. The molecule has 6 heteroatoms. The van der Waals surface area contributed by atoms with E-state index >= 15 is 0 Å². The van der Waals surface area contributed by atoms with Crippen molar-refractivity contribution in [2.24, 2.45) is 0 Å². The van der Waals surface area contributed by atoms with Crippen LogP contribution in [-0.2, 0) is 6.42 Å². The van der Waals surface area contributed by atoms with Gasteiger partial charge in [0.15, 0.2) is 5.43 Å². The van der Waals surface area contributed by atoms with E-state index in [0.29, 0.717) is 28.7 Å². The fraction of sp³-hybridized carbons (Fsp3) is 0.200. The van der Waals surface area contributed by atoms with E-state index in [1.165, 1.54) is 0 Å². The van der Waals surface area contributed by atoms with Crippen LogP contribution >= 0.6 is 0 Å². The summed E-state index contributed by atoms with van der Waals surface area (Å²) in [5, 5.41) is 19.8. The summed E-state index contributed by atoms with van der Waals surface area (Å²) in [6.07, 6.45) is 5.71. The third-order valence-corrected chi connectivity index (χ3v) is 6.70. The average molecular weight is 479 g/mol. The number of hydrogen-bond donors (Lipinski definition) is 1. The molecule has 0 amide bonds. The van der Waals surface area contributed by atoms with Crippen molar-refractivity contribution in [2.75, 3.05) is 0 Å². The Morgan fingerprint density at radius 2 is 1.78 bits per heavy atom. The molecule has 2 aromatic heterocycles. The molecule has 0 fully saturated rings. The van der Waals surface area contributed by atoms with Crippen LogP contribution in [0.2, 0.25) is 0 Å². The van der Waals surface area contributed by atoms with E-state index in [1.807, 2.05) is 43.3 Å². The molecule has 0 aliphatic rings. The van der Waals surface area contributed by atoms with Crippen LogP contribution in [0.1, 0.15) is 52.7 Å². The highest BCUT2D eigenvalue weighted by Gasteiger charge is 2.17. The maximum absolute atomic E-state index is 13.1. The van der Waals surface area contributed by atoms with Crippen molar-refractivity contribution in [3.8, 4) is 11.3 Å². The number of carboxylic acid groups (broad SMARTS) is 1. The lowest BCUT2D eigenvalue weighted by molar-refractivity contribution is 0.0695. The van der Waals surface area contributed by atoms with Gasteiger partial charge in [0, 0.05) is 22.4 Å². The lowest BCUT2D eigenvalue weighted by atomic mass is 9.91. The summed E-state index contributed by atoms with van der Waals surface area (Å²) in [6.45, 7) is 4.11. The van der Waals surface area contributed by atoms with Crippen molar-refractivity contribution in [2.45, 2.75) is 39.0 Å². The number of fused-ring (bicyclic) bond motifs is 2. The van der Waals surface area contributed by atoms with Gasteiger partial charge in [0.2, 0.25) is 0 Å². The molecule has 0 saturated heterocycles. The maximum Gasteiger partial charge on any atom is 0.335 e. The molecule has 1 N–H and O–H groups in total. The van der Waals surface area contributed by atoms with Crippen molar-refractivity contribution >= 4 is 27.7 Å². The summed E-state index contributed by atoms with van der Waals surface area (Å²) in [5.41, 5.74) is 4.51. The highest BCUT2D eigenvalue weighted by molar-refractivity contribution is 5.89. The minimum atomic E-state index is -0.904. The second kappa shape index (κ2) is 9.74. The van der Waals surface area contributed by atoms with Crippen molar-refractivity contribution in [3.05, 3.63) is 106 Å². The molecule has 0 spiro atoms. The van der Waals surface area contributed by atoms with Crippen molar-refractivity contribution < 1.29 is 14.3 Å². The molecule has 36 heavy (non-hydrogen) atoms. The van der Waals surface area contributed by atoms with Crippen LogP contribution in [0.3, 0.4) is 0 Å². The minimum Gasteiger partial charge on any atom is -0.478 e. The predicted octanol–water partition coefficient (Wildman–Crippen LogP) is 6.54. The maximum atomic E-state index is 13.1. The van der Waals surface area contributed by atoms with Crippen LogP contribution in [-0.4, -0.2) is 21.3 Å². The summed E-state index contributed by atoms with van der Waals surface area (Å²) in [7, 11) is 0. The predicted molar refractivity (Wildman–Crippen MR) is 141 cm³/mol. The third kappa shape index (κ3) is 4.62. The Kier molecular flexibility index (Phi) is 6.34. The van der Waals surface area contributed by atoms with Gasteiger partial charge in [0.05, 0.1) is 23.3 Å². The largest absolute Gasteiger partial charge is 0.478 e. The smallest absolute Gasteiger partial charge is 0.335 e. The number of aromatic carboxylic acids is 1. The van der Waals surface area contributed by atoms with Gasteiger partial charge >= 0.3 is 5.97 Å².